The van der Waals surface area contributed by atoms with Crippen molar-refractivity contribution in [2.45, 2.75) is 13.8 Å². The third-order valence-electron chi connectivity index (χ3n) is 2.77. The van der Waals surface area contributed by atoms with Gasteiger partial charge >= 0.3 is 0 Å². The Labute approximate surface area is 149 Å². The molecule has 0 unspecified atom stereocenters. The van der Waals surface area contributed by atoms with Crippen LogP contribution in [0, 0.1) is 6.92 Å². The van der Waals surface area contributed by atoms with Crippen molar-refractivity contribution in [3.8, 4) is 5.75 Å². The third-order valence-corrected chi connectivity index (χ3v) is 4.79. The highest BCUT2D eigenvalue weighted by Crippen LogP contribution is 2.32. The molecule has 0 aliphatic heterocycles. The van der Waals surface area contributed by atoms with Gasteiger partial charge in [-0.15, -0.1) is 11.3 Å². The van der Waals surface area contributed by atoms with Crippen LogP contribution in [0.2, 0.25) is 0 Å². The number of rotatable bonds is 5. The molecule has 116 valence electrons. The monoisotopic (exact) mass is 444 g/mol. The van der Waals surface area contributed by atoms with Crippen LogP contribution in [0.3, 0.4) is 0 Å². The lowest BCUT2D eigenvalue weighted by molar-refractivity contribution is -0.123. The van der Waals surface area contributed by atoms with Gasteiger partial charge in [-0.25, -0.2) is 5.43 Å². The van der Waals surface area contributed by atoms with E-state index in [1.54, 1.807) is 11.3 Å². The summed E-state index contributed by atoms with van der Waals surface area (Å²) in [5, 5.41) is 6.03. The Balaban J connectivity index is 1.92. The molecule has 2 aromatic rings. The van der Waals surface area contributed by atoms with E-state index in [4.69, 9.17) is 4.74 Å². The molecule has 0 aliphatic rings. The van der Waals surface area contributed by atoms with Crippen LogP contribution in [-0.4, -0.2) is 18.2 Å². The average molecular weight is 446 g/mol. The molecule has 7 heteroatoms. The molecule has 2 rings (SSSR count). The van der Waals surface area contributed by atoms with Gasteiger partial charge < -0.3 is 4.74 Å². The predicted octanol–water partition coefficient (Wildman–Crippen LogP) is 4.50. The number of ether oxygens (including phenoxy) is 1. The maximum Gasteiger partial charge on any atom is 0.277 e. The standard InChI is InChI=1S/C15H14Br2N2O2S/c1-9-6-11(16)7-12(17)15(9)21-8-14(20)19-18-10(2)13-4-3-5-22-13/h3-7H,8H2,1-2H3,(H,19,20). The van der Waals surface area contributed by atoms with Gasteiger partial charge in [0.15, 0.2) is 6.61 Å². The number of carbonyl (C=O) groups is 1. The fraction of sp³-hybridized carbons (Fsp3) is 0.200. The second-order valence-electron chi connectivity index (χ2n) is 4.53. The minimum Gasteiger partial charge on any atom is -0.482 e. The average Bonchev–Trinajstić information content (AvgIpc) is 2.97. The first-order valence-corrected chi connectivity index (χ1v) is 8.89. The minimum absolute atomic E-state index is 0.0949. The van der Waals surface area contributed by atoms with Crippen molar-refractivity contribution in [1.29, 1.82) is 0 Å². The third kappa shape index (κ3) is 4.66. The second-order valence-corrected chi connectivity index (χ2v) is 7.25. The minimum atomic E-state index is -0.301. The van der Waals surface area contributed by atoms with Gasteiger partial charge in [-0.1, -0.05) is 22.0 Å². The van der Waals surface area contributed by atoms with Gasteiger partial charge in [0.2, 0.25) is 0 Å². The number of benzene rings is 1. The zero-order valence-electron chi connectivity index (χ0n) is 12.0. The van der Waals surface area contributed by atoms with Gasteiger partial charge in [-0.3, -0.25) is 4.79 Å². The van der Waals surface area contributed by atoms with Crippen molar-refractivity contribution in [2.75, 3.05) is 6.61 Å². The number of nitrogens with one attached hydrogen (secondary N) is 1. The highest BCUT2D eigenvalue weighted by Gasteiger charge is 2.09. The number of hydrogen-bond acceptors (Lipinski definition) is 4. The van der Waals surface area contributed by atoms with Gasteiger partial charge in [0.05, 0.1) is 10.2 Å². The number of aryl methyl sites for hydroxylation is 1. The Morgan fingerprint density at radius 3 is 2.82 bits per heavy atom. The van der Waals surface area contributed by atoms with E-state index < -0.39 is 0 Å². The van der Waals surface area contributed by atoms with E-state index in [-0.39, 0.29) is 12.5 Å². The first-order chi connectivity index (χ1) is 10.5. The lowest BCUT2D eigenvalue weighted by Crippen LogP contribution is -2.25. The second kappa shape index (κ2) is 7.89. The molecule has 1 amide bonds. The summed E-state index contributed by atoms with van der Waals surface area (Å²) >= 11 is 8.40. The first-order valence-electron chi connectivity index (χ1n) is 6.43. The first kappa shape index (κ1) is 17.2. The summed E-state index contributed by atoms with van der Waals surface area (Å²) in [5.74, 6) is 0.349. The van der Waals surface area contributed by atoms with E-state index in [1.807, 2.05) is 43.5 Å². The molecular formula is C15H14Br2N2O2S. The van der Waals surface area contributed by atoms with Crippen LogP contribution in [0.15, 0.2) is 43.7 Å². The zero-order chi connectivity index (χ0) is 16.1. The normalized spacial score (nSPS) is 11.4. The van der Waals surface area contributed by atoms with Crippen molar-refractivity contribution < 1.29 is 9.53 Å². The van der Waals surface area contributed by atoms with Crippen molar-refractivity contribution in [3.05, 3.63) is 49.0 Å². The zero-order valence-corrected chi connectivity index (χ0v) is 16.0. The van der Waals surface area contributed by atoms with Crippen LogP contribution < -0.4 is 10.2 Å². The summed E-state index contributed by atoms with van der Waals surface area (Å²) in [6, 6.07) is 7.70. The summed E-state index contributed by atoms with van der Waals surface area (Å²) in [4.78, 5) is 12.8. The molecule has 0 atom stereocenters. The van der Waals surface area contributed by atoms with E-state index in [2.05, 4.69) is 42.4 Å². The van der Waals surface area contributed by atoms with Crippen molar-refractivity contribution in [2.24, 2.45) is 5.10 Å². The summed E-state index contributed by atoms with van der Waals surface area (Å²) in [7, 11) is 0. The Bertz CT molecular complexity index is 677. The van der Waals surface area contributed by atoms with E-state index in [0.29, 0.717) is 5.75 Å². The molecule has 0 aliphatic carbocycles. The molecular weight excluding hydrogens is 432 g/mol. The molecule has 22 heavy (non-hydrogen) atoms. The topological polar surface area (TPSA) is 50.7 Å². The maximum absolute atomic E-state index is 11.8. The lowest BCUT2D eigenvalue weighted by atomic mass is 10.2. The van der Waals surface area contributed by atoms with Gasteiger partial charge in [0.25, 0.3) is 5.91 Å². The molecule has 0 spiro atoms. The Kier molecular flexibility index (Phi) is 6.16. The smallest absolute Gasteiger partial charge is 0.277 e. The van der Waals surface area contributed by atoms with Crippen molar-refractivity contribution in [1.82, 2.24) is 5.43 Å². The number of amides is 1. The fourth-order valence-electron chi connectivity index (χ4n) is 1.73. The fourth-order valence-corrected chi connectivity index (χ4v) is 3.96. The summed E-state index contributed by atoms with van der Waals surface area (Å²) in [6.07, 6.45) is 0. The largest absolute Gasteiger partial charge is 0.482 e. The number of halogens is 2. The summed E-state index contributed by atoms with van der Waals surface area (Å²) < 4.78 is 7.31. The van der Waals surface area contributed by atoms with Crippen LogP contribution in [-0.2, 0) is 4.79 Å². The van der Waals surface area contributed by atoms with Gasteiger partial charge in [-0.05, 0) is 58.9 Å². The molecule has 0 fully saturated rings. The Morgan fingerprint density at radius 1 is 1.41 bits per heavy atom. The SMILES string of the molecule is CC(=NNC(=O)COc1c(C)cc(Br)cc1Br)c1cccs1. The lowest BCUT2D eigenvalue weighted by Gasteiger charge is -2.11. The Hall–Kier alpha value is -1.18. The van der Waals surface area contributed by atoms with Crippen LogP contribution in [0.25, 0.3) is 0 Å². The van der Waals surface area contributed by atoms with E-state index in [1.165, 1.54) is 0 Å². The molecule has 1 aromatic heterocycles. The van der Waals surface area contributed by atoms with E-state index >= 15 is 0 Å². The van der Waals surface area contributed by atoms with Crippen LogP contribution in [0.4, 0.5) is 0 Å². The van der Waals surface area contributed by atoms with Crippen molar-refractivity contribution in [3.63, 3.8) is 0 Å². The molecule has 0 bridgehead atoms. The van der Waals surface area contributed by atoms with E-state index in [0.717, 1.165) is 25.1 Å². The number of hydrogen-bond donors (Lipinski definition) is 1. The quantitative estimate of drug-likeness (QED) is 0.544. The number of carbonyl (C=O) groups excluding carboxylic acids is 1. The number of hydrazone groups is 1. The van der Waals surface area contributed by atoms with Gasteiger partial charge in [-0.2, -0.15) is 5.10 Å². The Morgan fingerprint density at radius 2 is 2.18 bits per heavy atom. The molecule has 0 radical (unpaired) electrons. The summed E-state index contributed by atoms with van der Waals surface area (Å²) in [5.41, 5.74) is 4.20. The summed E-state index contributed by atoms with van der Waals surface area (Å²) in [6.45, 7) is 3.67. The van der Waals surface area contributed by atoms with Crippen LogP contribution >= 0.6 is 43.2 Å². The maximum atomic E-state index is 11.8. The van der Waals surface area contributed by atoms with Crippen LogP contribution in [0.5, 0.6) is 5.75 Å². The predicted molar refractivity (Wildman–Crippen MR) is 96.7 cm³/mol. The van der Waals surface area contributed by atoms with Gasteiger partial charge in [0.1, 0.15) is 5.75 Å². The van der Waals surface area contributed by atoms with Crippen LogP contribution in [0.1, 0.15) is 17.4 Å². The molecule has 0 saturated heterocycles. The molecule has 1 heterocycles. The molecule has 0 saturated carbocycles. The highest BCUT2D eigenvalue weighted by atomic mass is 79.9. The number of nitrogens with zero attached hydrogens (tertiary/aromatic N) is 1. The van der Waals surface area contributed by atoms with Gasteiger partial charge in [0, 0.05) is 9.35 Å². The molecule has 1 aromatic carbocycles. The molecule has 4 nitrogen and oxygen atoms in total. The van der Waals surface area contributed by atoms with Crippen molar-refractivity contribution >= 4 is 54.8 Å². The molecule has 1 N–H and O–H groups in total. The van der Waals surface area contributed by atoms with E-state index in [9.17, 15) is 4.79 Å². The highest BCUT2D eigenvalue weighted by molar-refractivity contribution is 9.11. The number of thiophene rings is 1.